The molecule has 0 unspecified atom stereocenters. The van der Waals surface area contributed by atoms with E-state index in [0.29, 0.717) is 6.61 Å². The van der Waals surface area contributed by atoms with Gasteiger partial charge in [0.15, 0.2) is 0 Å². The van der Waals surface area contributed by atoms with Gasteiger partial charge in [-0.3, -0.25) is 0 Å². The molecule has 0 saturated heterocycles. The van der Waals surface area contributed by atoms with Gasteiger partial charge in [-0.25, -0.2) is 0 Å². The Kier molecular flexibility index (Phi) is 2.86. The lowest BCUT2D eigenvalue weighted by atomic mass is 10.1. The topological polar surface area (TPSA) is 25.0 Å². The summed E-state index contributed by atoms with van der Waals surface area (Å²) in [6, 6.07) is 23.0. The van der Waals surface area contributed by atoms with Crippen molar-refractivity contribution < 1.29 is 4.74 Å². The minimum Gasteiger partial charge on any atom is -0.489 e. The minimum absolute atomic E-state index is 0.584. The number of hydrogen-bond acceptors (Lipinski definition) is 1. The van der Waals surface area contributed by atoms with Gasteiger partial charge in [-0.1, -0.05) is 36.4 Å². The van der Waals surface area contributed by atoms with Crippen LogP contribution < -0.4 is 4.74 Å². The number of aromatic nitrogens is 1. The standard InChI is InChI=1S/C19H15NO/c1-2-4-16-11-14(5-6-15(16)3-1)13-21-18-7-8-19-17(12-18)9-10-20-19/h1-12,20H,13H2. The van der Waals surface area contributed by atoms with E-state index in [4.69, 9.17) is 4.74 Å². The summed E-state index contributed by atoms with van der Waals surface area (Å²) in [5.41, 5.74) is 2.32. The van der Waals surface area contributed by atoms with Crippen molar-refractivity contribution in [1.29, 1.82) is 0 Å². The molecule has 4 aromatic rings. The van der Waals surface area contributed by atoms with Gasteiger partial charge >= 0.3 is 0 Å². The maximum atomic E-state index is 5.90. The zero-order chi connectivity index (χ0) is 14.1. The number of fused-ring (bicyclic) bond motifs is 2. The molecule has 2 nitrogen and oxygen atoms in total. The first-order valence-corrected chi connectivity index (χ1v) is 7.06. The molecular formula is C19H15NO. The molecule has 0 fully saturated rings. The first kappa shape index (κ1) is 12.0. The Morgan fingerprint density at radius 1 is 0.762 bits per heavy atom. The van der Waals surface area contributed by atoms with Crippen LogP contribution in [0.15, 0.2) is 72.9 Å². The Labute approximate surface area is 123 Å². The van der Waals surface area contributed by atoms with Crippen LogP contribution in [-0.4, -0.2) is 4.98 Å². The fraction of sp³-hybridized carbons (Fsp3) is 0.0526. The van der Waals surface area contributed by atoms with Crippen LogP contribution in [0.4, 0.5) is 0 Å². The molecule has 0 spiro atoms. The maximum Gasteiger partial charge on any atom is 0.120 e. The number of rotatable bonds is 3. The summed E-state index contributed by atoms with van der Waals surface area (Å²) in [6.45, 7) is 0.584. The molecule has 0 saturated carbocycles. The Hall–Kier alpha value is -2.74. The summed E-state index contributed by atoms with van der Waals surface area (Å²) in [5.74, 6) is 0.898. The summed E-state index contributed by atoms with van der Waals surface area (Å²) in [6.07, 6.45) is 1.94. The predicted molar refractivity (Wildman–Crippen MR) is 86.6 cm³/mol. The van der Waals surface area contributed by atoms with Crippen molar-refractivity contribution in [3.8, 4) is 5.75 Å². The van der Waals surface area contributed by atoms with Crippen LogP contribution in [0.1, 0.15) is 5.56 Å². The first-order valence-electron chi connectivity index (χ1n) is 7.06. The van der Waals surface area contributed by atoms with Crippen molar-refractivity contribution in [3.05, 3.63) is 78.5 Å². The molecule has 102 valence electrons. The summed E-state index contributed by atoms with van der Waals surface area (Å²) in [5, 5.41) is 3.68. The predicted octanol–water partition coefficient (Wildman–Crippen LogP) is 4.90. The van der Waals surface area contributed by atoms with Crippen LogP contribution in [0.5, 0.6) is 5.75 Å². The van der Waals surface area contributed by atoms with Crippen molar-refractivity contribution in [1.82, 2.24) is 4.98 Å². The second-order valence-corrected chi connectivity index (χ2v) is 5.20. The fourth-order valence-electron chi connectivity index (χ4n) is 2.62. The first-order chi connectivity index (χ1) is 10.4. The summed E-state index contributed by atoms with van der Waals surface area (Å²) >= 11 is 0. The van der Waals surface area contributed by atoms with E-state index in [2.05, 4.69) is 59.6 Å². The smallest absolute Gasteiger partial charge is 0.120 e. The van der Waals surface area contributed by atoms with Crippen molar-refractivity contribution in [2.24, 2.45) is 0 Å². The molecule has 2 heteroatoms. The number of aromatic amines is 1. The van der Waals surface area contributed by atoms with E-state index in [1.807, 2.05) is 18.3 Å². The highest BCUT2D eigenvalue weighted by atomic mass is 16.5. The Balaban J connectivity index is 1.56. The molecule has 0 atom stereocenters. The zero-order valence-electron chi connectivity index (χ0n) is 11.5. The van der Waals surface area contributed by atoms with E-state index >= 15 is 0 Å². The van der Waals surface area contributed by atoms with E-state index in [1.54, 1.807) is 0 Å². The van der Waals surface area contributed by atoms with Gasteiger partial charge in [0, 0.05) is 17.1 Å². The van der Waals surface area contributed by atoms with Crippen molar-refractivity contribution in [3.63, 3.8) is 0 Å². The highest BCUT2D eigenvalue weighted by Crippen LogP contribution is 2.21. The molecule has 0 aliphatic rings. The third-order valence-electron chi connectivity index (χ3n) is 3.74. The molecule has 4 rings (SSSR count). The lowest BCUT2D eigenvalue weighted by Crippen LogP contribution is -1.95. The molecule has 0 radical (unpaired) electrons. The van der Waals surface area contributed by atoms with Crippen LogP contribution in [0.25, 0.3) is 21.7 Å². The average molecular weight is 273 g/mol. The summed E-state index contributed by atoms with van der Waals surface area (Å²) < 4.78 is 5.90. The van der Waals surface area contributed by atoms with Gasteiger partial charge in [0.25, 0.3) is 0 Å². The molecule has 0 amide bonds. The molecule has 3 aromatic carbocycles. The summed E-state index contributed by atoms with van der Waals surface area (Å²) in [4.78, 5) is 3.19. The van der Waals surface area contributed by atoms with E-state index in [0.717, 1.165) is 11.3 Å². The van der Waals surface area contributed by atoms with E-state index < -0.39 is 0 Å². The van der Waals surface area contributed by atoms with Gasteiger partial charge in [0.05, 0.1) is 0 Å². The van der Waals surface area contributed by atoms with Crippen LogP contribution >= 0.6 is 0 Å². The monoisotopic (exact) mass is 273 g/mol. The van der Waals surface area contributed by atoms with Gasteiger partial charge in [-0.2, -0.15) is 0 Å². The largest absolute Gasteiger partial charge is 0.489 e. The SMILES string of the molecule is c1ccc2cc(COc3ccc4[nH]ccc4c3)ccc2c1. The third kappa shape index (κ3) is 2.36. The van der Waals surface area contributed by atoms with Crippen LogP contribution in [0, 0.1) is 0 Å². The van der Waals surface area contributed by atoms with Gasteiger partial charge < -0.3 is 9.72 Å². The van der Waals surface area contributed by atoms with Gasteiger partial charge in [0.1, 0.15) is 12.4 Å². The summed E-state index contributed by atoms with van der Waals surface area (Å²) in [7, 11) is 0. The van der Waals surface area contributed by atoms with Crippen LogP contribution in [0.2, 0.25) is 0 Å². The van der Waals surface area contributed by atoms with Gasteiger partial charge in [-0.05, 0) is 46.7 Å². The van der Waals surface area contributed by atoms with E-state index in [9.17, 15) is 0 Å². The van der Waals surface area contributed by atoms with Crippen molar-refractivity contribution >= 4 is 21.7 Å². The quantitative estimate of drug-likeness (QED) is 0.564. The average Bonchev–Trinajstić information content (AvgIpc) is 3.00. The number of hydrogen-bond donors (Lipinski definition) is 1. The highest BCUT2D eigenvalue weighted by molar-refractivity contribution is 5.83. The van der Waals surface area contributed by atoms with E-state index in [-0.39, 0.29) is 0 Å². The molecule has 1 aromatic heterocycles. The number of benzene rings is 3. The number of nitrogens with one attached hydrogen (secondary N) is 1. The van der Waals surface area contributed by atoms with Crippen LogP contribution in [0.3, 0.4) is 0 Å². The third-order valence-corrected chi connectivity index (χ3v) is 3.74. The Morgan fingerprint density at radius 3 is 2.62 bits per heavy atom. The molecule has 0 bridgehead atoms. The molecule has 0 aliphatic heterocycles. The fourth-order valence-corrected chi connectivity index (χ4v) is 2.62. The Bertz CT molecular complexity index is 907. The van der Waals surface area contributed by atoms with Gasteiger partial charge in [-0.15, -0.1) is 0 Å². The lowest BCUT2D eigenvalue weighted by molar-refractivity contribution is 0.307. The number of ether oxygens (including phenoxy) is 1. The van der Waals surface area contributed by atoms with Crippen LogP contribution in [-0.2, 0) is 6.61 Å². The Morgan fingerprint density at radius 2 is 1.67 bits per heavy atom. The molecule has 1 N–H and O–H groups in total. The van der Waals surface area contributed by atoms with Crippen molar-refractivity contribution in [2.75, 3.05) is 0 Å². The van der Waals surface area contributed by atoms with Crippen molar-refractivity contribution in [2.45, 2.75) is 6.61 Å². The van der Waals surface area contributed by atoms with Gasteiger partial charge in [0.2, 0.25) is 0 Å². The maximum absolute atomic E-state index is 5.90. The molecule has 21 heavy (non-hydrogen) atoms. The number of H-pyrrole nitrogens is 1. The molecular weight excluding hydrogens is 258 g/mol. The minimum atomic E-state index is 0.584. The second kappa shape index (κ2) is 4.98. The molecule has 1 heterocycles. The molecule has 0 aliphatic carbocycles. The van der Waals surface area contributed by atoms with E-state index in [1.165, 1.54) is 21.7 Å². The second-order valence-electron chi connectivity index (χ2n) is 5.20. The zero-order valence-corrected chi connectivity index (χ0v) is 11.5. The lowest BCUT2D eigenvalue weighted by Gasteiger charge is -2.07. The highest BCUT2D eigenvalue weighted by Gasteiger charge is 2.00. The normalized spacial score (nSPS) is 11.0.